The Morgan fingerprint density at radius 2 is 1.71 bits per heavy atom. The first-order valence-corrected chi connectivity index (χ1v) is 7.91. The third kappa shape index (κ3) is 2.36. The van der Waals surface area contributed by atoms with Crippen LogP contribution in [0.15, 0.2) is 0 Å². The number of ether oxygens (including phenoxy) is 1. The number of nitrogens with zero attached hydrogens (tertiary/aromatic N) is 3. The summed E-state index contributed by atoms with van der Waals surface area (Å²) in [5, 5.41) is 5.00. The summed E-state index contributed by atoms with van der Waals surface area (Å²) in [6.45, 7) is 7.29. The van der Waals surface area contributed by atoms with Gasteiger partial charge in [0.25, 0.3) is 0 Å². The van der Waals surface area contributed by atoms with Gasteiger partial charge >= 0.3 is 0 Å². The molecule has 3 heterocycles. The lowest BCUT2D eigenvalue weighted by Gasteiger charge is -2.50. The lowest BCUT2D eigenvalue weighted by Crippen LogP contribution is -2.67. The van der Waals surface area contributed by atoms with Crippen LogP contribution in [0.4, 0.5) is 0 Å². The topological polar surface area (TPSA) is 29.8 Å². The molecule has 0 aromatic carbocycles. The van der Waals surface area contributed by atoms with Crippen molar-refractivity contribution >= 4 is 11.8 Å². The Bertz CT molecular complexity index is 226. The minimum absolute atomic E-state index is 0.0325. The molecule has 0 aliphatic carbocycles. The number of rotatable bonds is 2. The van der Waals surface area contributed by atoms with Crippen LogP contribution in [0.25, 0.3) is 0 Å². The second kappa shape index (κ2) is 5.45. The molecule has 3 saturated heterocycles. The zero-order chi connectivity index (χ0) is 11.6. The molecular weight excluding hydrogens is 234 g/mol. The number of thioether (sulfide) groups is 1. The van der Waals surface area contributed by atoms with E-state index in [-0.39, 0.29) is 5.79 Å². The molecule has 3 rings (SSSR count). The molecule has 1 radical (unpaired) electrons. The van der Waals surface area contributed by atoms with E-state index in [0.29, 0.717) is 0 Å². The van der Waals surface area contributed by atoms with Gasteiger partial charge in [-0.2, -0.15) is 11.8 Å². The van der Waals surface area contributed by atoms with E-state index < -0.39 is 0 Å². The van der Waals surface area contributed by atoms with Crippen molar-refractivity contribution < 1.29 is 4.74 Å². The lowest BCUT2D eigenvalue weighted by molar-refractivity contribution is -0.110. The normalized spacial score (nSPS) is 37.4. The molecule has 0 N–H and O–H groups in total. The van der Waals surface area contributed by atoms with Crippen LogP contribution in [0.2, 0.25) is 0 Å². The van der Waals surface area contributed by atoms with Gasteiger partial charge in [0.05, 0.1) is 13.2 Å². The molecule has 0 aromatic rings. The highest BCUT2D eigenvalue weighted by Gasteiger charge is 2.46. The molecule has 5 heteroatoms. The van der Waals surface area contributed by atoms with Crippen molar-refractivity contribution in [1.82, 2.24) is 15.1 Å². The van der Waals surface area contributed by atoms with Gasteiger partial charge in [0.1, 0.15) is 5.79 Å². The predicted octanol–water partition coefficient (Wildman–Crippen LogP) is 0.419. The van der Waals surface area contributed by atoms with Crippen molar-refractivity contribution in [3.63, 3.8) is 0 Å². The number of morpholine rings is 1. The Labute approximate surface area is 108 Å². The van der Waals surface area contributed by atoms with Crippen LogP contribution in [0.5, 0.6) is 0 Å². The molecule has 3 aliphatic rings. The van der Waals surface area contributed by atoms with Gasteiger partial charge in [0.2, 0.25) is 0 Å². The van der Waals surface area contributed by atoms with Gasteiger partial charge in [-0.1, -0.05) is 0 Å². The van der Waals surface area contributed by atoms with Gasteiger partial charge in [0, 0.05) is 44.2 Å². The third-order valence-corrected chi connectivity index (χ3v) is 5.01. The van der Waals surface area contributed by atoms with Crippen molar-refractivity contribution in [3.05, 3.63) is 0 Å². The van der Waals surface area contributed by atoms with Crippen LogP contribution in [-0.2, 0) is 4.74 Å². The van der Waals surface area contributed by atoms with Crippen LogP contribution in [-0.4, -0.2) is 73.0 Å². The SMILES string of the molecule is C1C[N]C(N2CCOCC2)(N2CCSCC2)C1. The van der Waals surface area contributed by atoms with E-state index in [0.717, 1.165) is 32.8 Å². The molecule has 0 saturated carbocycles. The number of hydrogen-bond acceptors (Lipinski definition) is 4. The maximum Gasteiger partial charge on any atom is 0.144 e. The van der Waals surface area contributed by atoms with E-state index in [1.807, 2.05) is 0 Å². The Hall–Kier alpha value is 0.190. The first-order valence-electron chi connectivity index (χ1n) is 6.76. The molecule has 97 valence electrons. The molecule has 1 atom stereocenters. The minimum atomic E-state index is 0.0325. The fourth-order valence-electron chi connectivity index (χ4n) is 3.21. The van der Waals surface area contributed by atoms with Crippen LogP contribution in [0, 0.1) is 0 Å². The first-order chi connectivity index (χ1) is 8.42. The van der Waals surface area contributed by atoms with E-state index in [4.69, 9.17) is 10.1 Å². The van der Waals surface area contributed by atoms with Crippen LogP contribution in [0.3, 0.4) is 0 Å². The van der Waals surface area contributed by atoms with E-state index in [9.17, 15) is 0 Å². The van der Waals surface area contributed by atoms with Crippen LogP contribution >= 0.6 is 11.8 Å². The van der Waals surface area contributed by atoms with Crippen molar-refractivity contribution in [2.24, 2.45) is 0 Å². The summed E-state index contributed by atoms with van der Waals surface area (Å²) in [7, 11) is 0. The van der Waals surface area contributed by atoms with Crippen molar-refractivity contribution in [3.8, 4) is 0 Å². The van der Waals surface area contributed by atoms with Crippen molar-refractivity contribution in [1.29, 1.82) is 0 Å². The molecule has 0 bridgehead atoms. The molecule has 0 spiro atoms. The minimum Gasteiger partial charge on any atom is -0.379 e. The van der Waals surface area contributed by atoms with Crippen molar-refractivity contribution in [2.45, 2.75) is 18.6 Å². The van der Waals surface area contributed by atoms with Gasteiger partial charge < -0.3 is 4.74 Å². The van der Waals surface area contributed by atoms with Crippen LogP contribution < -0.4 is 5.32 Å². The summed E-state index contributed by atoms with van der Waals surface area (Å²) < 4.78 is 5.49. The van der Waals surface area contributed by atoms with E-state index in [1.54, 1.807) is 0 Å². The summed E-state index contributed by atoms with van der Waals surface area (Å²) in [5.41, 5.74) is 0. The fraction of sp³-hybridized carbons (Fsp3) is 1.00. The lowest BCUT2D eigenvalue weighted by atomic mass is 10.1. The highest BCUT2D eigenvalue weighted by molar-refractivity contribution is 7.99. The largest absolute Gasteiger partial charge is 0.379 e. The summed E-state index contributed by atoms with van der Waals surface area (Å²) in [4.78, 5) is 5.20. The molecule has 17 heavy (non-hydrogen) atoms. The first kappa shape index (κ1) is 12.2. The fourth-order valence-corrected chi connectivity index (χ4v) is 4.12. The monoisotopic (exact) mass is 256 g/mol. The zero-order valence-electron chi connectivity index (χ0n) is 10.4. The second-order valence-electron chi connectivity index (χ2n) is 4.96. The molecule has 0 amide bonds. The van der Waals surface area contributed by atoms with E-state index in [1.165, 1.54) is 37.4 Å². The van der Waals surface area contributed by atoms with Gasteiger partial charge in [-0.15, -0.1) is 0 Å². The van der Waals surface area contributed by atoms with E-state index in [2.05, 4.69) is 21.6 Å². The smallest absolute Gasteiger partial charge is 0.144 e. The van der Waals surface area contributed by atoms with Gasteiger partial charge in [-0.3, -0.25) is 9.80 Å². The molecular formula is C12H22N3OS. The highest BCUT2D eigenvalue weighted by atomic mass is 32.2. The molecule has 1 unspecified atom stereocenters. The van der Waals surface area contributed by atoms with E-state index >= 15 is 0 Å². The summed E-state index contributed by atoms with van der Waals surface area (Å²) in [6.07, 6.45) is 2.47. The maximum absolute atomic E-state index is 5.49. The predicted molar refractivity (Wildman–Crippen MR) is 70.3 cm³/mol. The van der Waals surface area contributed by atoms with Gasteiger partial charge in [-0.25, -0.2) is 5.32 Å². The summed E-state index contributed by atoms with van der Waals surface area (Å²) >= 11 is 2.08. The maximum atomic E-state index is 5.49. The Balaban J connectivity index is 1.75. The van der Waals surface area contributed by atoms with Gasteiger partial charge in [0.15, 0.2) is 0 Å². The number of hydrogen-bond donors (Lipinski definition) is 0. The third-order valence-electron chi connectivity index (χ3n) is 4.07. The highest BCUT2D eigenvalue weighted by Crippen LogP contribution is 2.32. The average Bonchev–Trinajstić information content (AvgIpc) is 2.91. The average molecular weight is 256 g/mol. The Morgan fingerprint density at radius 1 is 1.00 bits per heavy atom. The summed E-state index contributed by atoms with van der Waals surface area (Å²) in [5.74, 6) is 2.56. The second-order valence-corrected chi connectivity index (χ2v) is 6.18. The zero-order valence-corrected chi connectivity index (χ0v) is 11.3. The molecule has 3 aliphatic heterocycles. The standard InChI is InChI=1S/C12H22N3OS/c1-2-12(13-3-1,14-4-8-16-9-5-14)15-6-10-17-11-7-15/h1-11H2. The van der Waals surface area contributed by atoms with Crippen LogP contribution in [0.1, 0.15) is 12.8 Å². The Kier molecular flexibility index (Phi) is 3.92. The molecule has 4 nitrogen and oxygen atoms in total. The summed E-state index contributed by atoms with van der Waals surface area (Å²) in [6, 6.07) is 0. The van der Waals surface area contributed by atoms with Gasteiger partial charge in [-0.05, 0) is 12.8 Å². The quantitative estimate of drug-likeness (QED) is 0.716. The van der Waals surface area contributed by atoms with Crippen molar-refractivity contribution in [2.75, 3.05) is 57.4 Å². The Morgan fingerprint density at radius 3 is 2.35 bits per heavy atom. The molecule has 0 aromatic heterocycles. The molecule has 3 fully saturated rings.